The second-order valence-corrected chi connectivity index (χ2v) is 3.80. The molecule has 0 aromatic heterocycles. The quantitative estimate of drug-likeness (QED) is 0.820. The highest BCUT2D eigenvalue weighted by molar-refractivity contribution is 6.30. The van der Waals surface area contributed by atoms with Gasteiger partial charge in [-0.25, -0.2) is 4.39 Å². The Morgan fingerprint density at radius 3 is 2.79 bits per heavy atom. The van der Waals surface area contributed by atoms with Gasteiger partial charge in [0.05, 0.1) is 11.1 Å². The van der Waals surface area contributed by atoms with Crippen LogP contribution in [0.4, 0.5) is 4.39 Å². The van der Waals surface area contributed by atoms with Crippen LogP contribution in [0.15, 0.2) is 18.2 Å². The fourth-order valence-electron chi connectivity index (χ4n) is 1.37. The summed E-state index contributed by atoms with van der Waals surface area (Å²) in [6, 6.07) is 4.64. The molecular formula is C11H14ClFO. The van der Waals surface area contributed by atoms with Gasteiger partial charge in [-0.15, -0.1) is 0 Å². The van der Waals surface area contributed by atoms with Crippen molar-refractivity contribution in [3.63, 3.8) is 0 Å². The average molecular weight is 217 g/mol. The Morgan fingerprint density at radius 2 is 2.21 bits per heavy atom. The number of hydrogen-bond acceptors (Lipinski definition) is 1. The first-order valence-electron chi connectivity index (χ1n) is 4.75. The Balaban J connectivity index is 2.63. The van der Waals surface area contributed by atoms with Crippen molar-refractivity contribution in [3.8, 4) is 0 Å². The van der Waals surface area contributed by atoms with Crippen molar-refractivity contribution in [1.29, 1.82) is 0 Å². The van der Waals surface area contributed by atoms with Crippen molar-refractivity contribution >= 4 is 11.6 Å². The third-order valence-electron chi connectivity index (χ3n) is 2.08. The van der Waals surface area contributed by atoms with Gasteiger partial charge in [-0.1, -0.05) is 31.0 Å². The van der Waals surface area contributed by atoms with Gasteiger partial charge in [-0.2, -0.15) is 0 Å². The van der Waals surface area contributed by atoms with E-state index in [4.69, 9.17) is 11.6 Å². The number of halogens is 2. The van der Waals surface area contributed by atoms with Crippen LogP contribution in [-0.4, -0.2) is 11.2 Å². The lowest BCUT2D eigenvalue weighted by Crippen LogP contribution is -2.09. The normalized spacial score (nSPS) is 12.9. The molecule has 3 heteroatoms. The van der Waals surface area contributed by atoms with Gasteiger partial charge >= 0.3 is 0 Å². The molecule has 0 spiro atoms. The molecule has 1 atom stereocenters. The van der Waals surface area contributed by atoms with Crippen LogP contribution in [0.3, 0.4) is 0 Å². The average Bonchev–Trinajstić information content (AvgIpc) is 2.12. The first-order chi connectivity index (χ1) is 6.63. The first kappa shape index (κ1) is 11.5. The Bertz CT molecular complexity index is 301. The highest BCUT2D eigenvalue weighted by Gasteiger charge is 2.06. The molecule has 0 heterocycles. The lowest BCUT2D eigenvalue weighted by molar-refractivity contribution is 0.164. The summed E-state index contributed by atoms with van der Waals surface area (Å²) in [6.45, 7) is 2.01. The maximum Gasteiger partial charge on any atom is 0.142 e. The summed E-state index contributed by atoms with van der Waals surface area (Å²) < 4.78 is 13.0. The monoisotopic (exact) mass is 216 g/mol. The number of benzene rings is 1. The molecule has 0 radical (unpaired) electrons. The highest BCUT2D eigenvalue weighted by Crippen LogP contribution is 2.17. The molecule has 0 fully saturated rings. The lowest BCUT2D eigenvalue weighted by Gasteiger charge is -2.09. The van der Waals surface area contributed by atoms with Crippen LogP contribution in [-0.2, 0) is 6.42 Å². The lowest BCUT2D eigenvalue weighted by atomic mass is 10.0. The van der Waals surface area contributed by atoms with Gasteiger partial charge in [-0.05, 0) is 30.5 Å². The van der Waals surface area contributed by atoms with Gasteiger partial charge in [0.15, 0.2) is 0 Å². The standard InChI is InChI=1S/C11H14ClFO/c1-2-3-9(14)6-8-4-5-10(12)11(13)7-8/h4-5,7,9,14H,2-3,6H2,1H3. The van der Waals surface area contributed by atoms with Crippen molar-refractivity contribution in [2.45, 2.75) is 32.3 Å². The fourth-order valence-corrected chi connectivity index (χ4v) is 1.49. The molecule has 1 rings (SSSR count). The predicted octanol–water partition coefficient (Wildman–Crippen LogP) is 3.18. The molecule has 0 aliphatic rings. The van der Waals surface area contributed by atoms with E-state index >= 15 is 0 Å². The Kier molecular flexibility index (Phi) is 4.36. The van der Waals surface area contributed by atoms with E-state index in [9.17, 15) is 9.50 Å². The summed E-state index contributed by atoms with van der Waals surface area (Å²) in [5.74, 6) is -0.423. The van der Waals surface area contributed by atoms with E-state index in [0.29, 0.717) is 6.42 Å². The second kappa shape index (κ2) is 5.32. The van der Waals surface area contributed by atoms with Crippen LogP contribution in [0, 0.1) is 5.82 Å². The maximum atomic E-state index is 13.0. The summed E-state index contributed by atoms with van der Waals surface area (Å²) in [6.07, 6.45) is 1.77. The summed E-state index contributed by atoms with van der Waals surface area (Å²) in [4.78, 5) is 0. The number of rotatable bonds is 4. The van der Waals surface area contributed by atoms with Crippen LogP contribution >= 0.6 is 11.6 Å². The second-order valence-electron chi connectivity index (χ2n) is 3.40. The molecule has 0 amide bonds. The summed E-state index contributed by atoms with van der Waals surface area (Å²) >= 11 is 5.54. The van der Waals surface area contributed by atoms with Crippen molar-refractivity contribution < 1.29 is 9.50 Å². The fraction of sp³-hybridized carbons (Fsp3) is 0.455. The molecule has 14 heavy (non-hydrogen) atoms. The summed E-state index contributed by atoms with van der Waals surface area (Å²) in [7, 11) is 0. The molecule has 0 saturated heterocycles. The van der Waals surface area contributed by atoms with Gasteiger partial charge in [0, 0.05) is 0 Å². The molecule has 0 bridgehead atoms. The first-order valence-corrected chi connectivity index (χ1v) is 5.13. The highest BCUT2D eigenvalue weighted by atomic mass is 35.5. The molecule has 1 unspecified atom stereocenters. The van der Waals surface area contributed by atoms with Crippen molar-refractivity contribution in [3.05, 3.63) is 34.6 Å². The van der Waals surface area contributed by atoms with Crippen LogP contribution < -0.4 is 0 Å². The van der Waals surface area contributed by atoms with Gasteiger partial charge in [-0.3, -0.25) is 0 Å². The van der Waals surface area contributed by atoms with E-state index in [-0.39, 0.29) is 11.1 Å². The van der Waals surface area contributed by atoms with Crippen molar-refractivity contribution in [2.24, 2.45) is 0 Å². The third-order valence-corrected chi connectivity index (χ3v) is 2.38. The van der Waals surface area contributed by atoms with Crippen LogP contribution in [0.1, 0.15) is 25.3 Å². The zero-order chi connectivity index (χ0) is 10.6. The minimum Gasteiger partial charge on any atom is -0.393 e. The van der Waals surface area contributed by atoms with E-state index in [0.717, 1.165) is 18.4 Å². The predicted molar refractivity (Wildman–Crippen MR) is 56.0 cm³/mol. The largest absolute Gasteiger partial charge is 0.393 e. The summed E-state index contributed by atoms with van der Waals surface area (Å²) in [5.41, 5.74) is 0.785. The van der Waals surface area contributed by atoms with Gasteiger partial charge in [0.1, 0.15) is 5.82 Å². The molecule has 1 aromatic carbocycles. The Labute approximate surface area is 88.5 Å². The molecule has 78 valence electrons. The smallest absolute Gasteiger partial charge is 0.142 e. The van der Waals surface area contributed by atoms with Gasteiger partial charge in [0.25, 0.3) is 0 Å². The van der Waals surface area contributed by atoms with Crippen LogP contribution in [0.5, 0.6) is 0 Å². The van der Waals surface area contributed by atoms with E-state index in [1.807, 2.05) is 6.92 Å². The minimum atomic E-state index is -0.423. The van der Waals surface area contributed by atoms with E-state index in [1.54, 1.807) is 6.07 Å². The van der Waals surface area contributed by atoms with Crippen LogP contribution in [0.25, 0.3) is 0 Å². The number of hydrogen-bond donors (Lipinski definition) is 1. The van der Waals surface area contributed by atoms with Crippen LogP contribution in [0.2, 0.25) is 5.02 Å². The van der Waals surface area contributed by atoms with E-state index in [2.05, 4.69) is 0 Å². The molecule has 1 N–H and O–H groups in total. The minimum absolute atomic E-state index is 0.124. The van der Waals surface area contributed by atoms with E-state index < -0.39 is 5.82 Å². The number of aliphatic hydroxyl groups is 1. The van der Waals surface area contributed by atoms with Crippen molar-refractivity contribution in [2.75, 3.05) is 0 Å². The van der Waals surface area contributed by atoms with Gasteiger partial charge < -0.3 is 5.11 Å². The molecule has 0 saturated carbocycles. The summed E-state index contributed by atoms with van der Waals surface area (Å²) in [5, 5.41) is 9.63. The van der Waals surface area contributed by atoms with Gasteiger partial charge in [0.2, 0.25) is 0 Å². The maximum absolute atomic E-state index is 13.0. The van der Waals surface area contributed by atoms with E-state index in [1.165, 1.54) is 12.1 Å². The third kappa shape index (κ3) is 3.28. The molecule has 1 aromatic rings. The van der Waals surface area contributed by atoms with Crippen molar-refractivity contribution in [1.82, 2.24) is 0 Å². The molecule has 1 nitrogen and oxygen atoms in total. The number of aliphatic hydroxyl groups excluding tert-OH is 1. The Morgan fingerprint density at radius 1 is 1.50 bits per heavy atom. The Hall–Kier alpha value is -0.600. The zero-order valence-electron chi connectivity index (χ0n) is 8.13. The molecule has 0 aliphatic heterocycles. The SMILES string of the molecule is CCCC(O)Cc1ccc(Cl)c(F)c1. The molecule has 0 aliphatic carbocycles. The topological polar surface area (TPSA) is 20.2 Å². The molecular weight excluding hydrogens is 203 g/mol. The zero-order valence-corrected chi connectivity index (χ0v) is 8.89.